The third kappa shape index (κ3) is 6.19. The zero-order valence-corrected chi connectivity index (χ0v) is 12.7. The molecule has 0 aromatic rings. The number of likely N-dealkylation sites (N-methyl/N-ethyl adjacent to an activating group) is 1. The van der Waals surface area contributed by atoms with Crippen LogP contribution < -0.4 is 5.32 Å². The van der Waals surface area contributed by atoms with Gasteiger partial charge in [0.25, 0.3) is 0 Å². The van der Waals surface area contributed by atoms with Gasteiger partial charge in [0.1, 0.15) is 0 Å². The Kier molecular flexibility index (Phi) is 8.70. The monoisotopic (exact) mass is 255 g/mol. The lowest BCUT2D eigenvalue weighted by Crippen LogP contribution is -2.45. The number of rotatable bonds is 9. The summed E-state index contributed by atoms with van der Waals surface area (Å²) in [7, 11) is 0. The van der Waals surface area contributed by atoms with E-state index in [9.17, 15) is 0 Å². The fraction of sp³-hybridized carbons (Fsp3) is 1.00. The van der Waals surface area contributed by atoms with E-state index in [0.717, 1.165) is 19.1 Å². The summed E-state index contributed by atoms with van der Waals surface area (Å²) in [5.41, 5.74) is 0. The Morgan fingerprint density at radius 2 is 1.83 bits per heavy atom. The van der Waals surface area contributed by atoms with Crippen LogP contribution >= 0.6 is 0 Å². The standard InChI is InChI=1S/C16H33NO/c1-4-6-7-8-9-12-18-16-13-14(3)10-11-15(16)17-5-2/h14-17H,4-13H2,1-3H3. The molecule has 0 aromatic heterocycles. The molecular weight excluding hydrogens is 222 g/mol. The molecule has 0 aromatic carbocycles. The summed E-state index contributed by atoms with van der Waals surface area (Å²) in [6.07, 6.45) is 11.0. The molecule has 0 radical (unpaired) electrons. The van der Waals surface area contributed by atoms with Crippen molar-refractivity contribution in [3.05, 3.63) is 0 Å². The summed E-state index contributed by atoms with van der Waals surface area (Å²) in [6.45, 7) is 8.85. The van der Waals surface area contributed by atoms with Gasteiger partial charge in [0.15, 0.2) is 0 Å². The van der Waals surface area contributed by atoms with Crippen molar-refractivity contribution in [3.63, 3.8) is 0 Å². The van der Waals surface area contributed by atoms with E-state index in [-0.39, 0.29) is 0 Å². The Labute approximate surface area is 114 Å². The highest BCUT2D eigenvalue weighted by Crippen LogP contribution is 2.26. The minimum atomic E-state index is 0.458. The van der Waals surface area contributed by atoms with Gasteiger partial charge >= 0.3 is 0 Å². The molecular formula is C16H33NO. The zero-order valence-electron chi connectivity index (χ0n) is 12.7. The van der Waals surface area contributed by atoms with Crippen molar-refractivity contribution in [1.29, 1.82) is 0 Å². The Bertz CT molecular complexity index is 196. The van der Waals surface area contributed by atoms with Crippen molar-refractivity contribution in [1.82, 2.24) is 5.32 Å². The van der Waals surface area contributed by atoms with Crippen LogP contribution in [0, 0.1) is 5.92 Å². The minimum absolute atomic E-state index is 0.458. The molecule has 1 rings (SSSR count). The van der Waals surface area contributed by atoms with Crippen LogP contribution in [0.25, 0.3) is 0 Å². The van der Waals surface area contributed by atoms with Crippen LogP contribution in [-0.2, 0) is 4.74 Å². The Morgan fingerprint density at radius 3 is 2.56 bits per heavy atom. The molecule has 0 heterocycles. The maximum atomic E-state index is 6.14. The van der Waals surface area contributed by atoms with Crippen molar-refractivity contribution < 1.29 is 4.74 Å². The average Bonchev–Trinajstić information content (AvgIpc) is 2.37. The molecule has 2 nitrogen and oxygen atoms in total. The lowest BCUT2D eigenvalue weighted by molar-refractivity contribution is -0.00867. The van der Waals surface area contributed by atoms with Crippen molar-refractivity contribution >= 4 is 0 Å². The van der Waals surface area contributed by atoms with Gasteiger partial charge in [0.2, 0.25) is 0 Å². The smallest absolute Gasteiger partial charge is 0.0730 e. The topological polar surface area (TPSA) is 21.3 Å². The van der Waals surface area contributed by atoms with E-state index in [1.165, 1.54) is 51.4 Å². The number of hydrogen-bond donors (Lipinski definition) is 1. The predicted molar refractivity (Wildman–Crippen MR) is 79.0 cm³/mol. The van der Waals surface area contributed by atoms with Crippen LogP contribution in [-0.4, -0.2) is 25.3 Å². The zero-order chi connectivity index (χ0) is 13.2. The van der Waals surface area contributed by atoms with Crippen LogP contribution in [0.2, 0.25) is 0 Å². The highest BCUT2D eigenvalue weighted by atomic mass is 16.5. The predicted octanol–water partition coefficient (Wildman–Crippen LogP) is 4.14. The second-order valence-corrected chi connectivity index (χ2v) is 5.91. The van der Waals surface area contributed by atoms with Gasteiger partial charge in [-0.3, -0.25) is 0 Å². The van der Waals surface area contributed by atoms with Crippen LogP contribution in [0.1, 0.15) is 72.1 Å². The first kappa shape index (κ1) is 16.0. The molecule has 3 atom stereocenters. The lowest BCUT2D eigenvalue weighted by Gasteiger charge is -2.35. The number of ether oxygens (including phenoxy) is 1. The molecule has 1 N–H and O–H groups in total. The Hall–Kier alpha value is -0.0800. The van der Waals surface area contributed by atoms with Gasteiger partial charge < -0.3 is 10.1 Å². The van der Waals surface area contributed by atoms with E-state index in [1.807, 2.05) is 0 Å². The van der Waals surface area contributed by atoms with Crippen LogP contribution in [0.4, 0.5) is 0 Å². The Balaban J connectivity index is 2.15. The summed E-state index contributed by atoms with van der Waals surface area (Å²) in [6, 6.07) is 0.599. The number of hydrogen-bond acceptors (Lipinski definition) is 2. The first-order valence-electron chi connectivity index (χ1n) is 8.12. The van der Waals surface area contributed by atoms with Gasteiger partial charge in [-0.05, 0) is 38.1 Å². The molecule has 0 spiro atoms. The molecule has 1 aliphatic rings. The first-order chi connectivity index (χ1) is 8.77. The lowest BCUT2D eigenvalue weighted by atomic mass is 9.85. The summed E-state index contributed by atoms with van der Waals surface area (Å²) in [5.74, 6) is 0.838. The molecule has 0 amide bonds. The van der Waals surface area contributed by atoms with E-state index in [1.54, 1.807) is 0 Å². The molecule has 2 heteroatoms. The van der Waals surface area contributed by atoms with Crippen molar-refractivity contribution in [2.24, 2.45) is 5.92 Å². The summed E-state index contributed by atoms with van der Waals surface area (Å²) in [4.78, 5) is 0. The van der Waals surface area contributed by atoms with Gasteiger partial charge in [-0.25, -0.2) is 0 Å². The summed E-state index contributed by atoms with van der Waals surface area (Å²) in [5, 5.41) is 3.59. The first-order valence-corrected chi connectivity index (χ1v) is 8.12. The third-order valence-electron chi connectivity index (χ3n) is 4.10. The molecule has 3 unspecified atom stereocenters. The quantitative estimate of drug-likeness (QED) is 0.625. The van der Waals surface area contributed by atoms with E-state index in [4.69, 9.17) is 4.74 Å². The second kappa shape index (κ2) is 9.80. The van der Waals surface area contributed by atoms with Crippen molar-refractivity contribution in [2.45, 2.75) is 84.3 Å². The average molecular weight is 255 g/mol. The normalized spacial score (nSPS) is 28.5. The van der Waals surface area contributed by atoms with E-state index < -0.39 is 0 Å². The fourth-order valence-electron chi connectivity index (χ4n) is 2.95. The Morgan fingerprint density at radius 1 is 1.06 bits per heavy atom. The molecule has 108 valence electrons. The largest absolute Gasteiger partial charge is 0.377 e. The van der Waals surface area contributed by atoms with Gasteiger partial charge in [-0.15, -0.1) is 0 Å². The SMILES string of the molecule is CCCCCCCOC1CC(C)CCC1NCC. The van der Waals surface area contributed by atoms with Gasteiger partial charge in [0, 0.05) is 12.6 Å². The molecule has 18 heavy (non-hydrogen) atoms. The summed E-state index contributed by atoms with van der Waals surface area (Å²) < 4.78 is 6.14. The summed E-state index contributed by atoms with van der Waals surface area (Å²) >= 11 is 0. The highest BCUT2D eigenvalue weighted by Gasteiger charge is 2.28. The third-order valence-corrected chi connectivity index (χ3v) is 4.10. The number of unbranched alkanes of at least 4 members (excludes halogenated alkanes) is 4. The molecule has 1 saturated carbocycles. The van der Waals surface area contributed by atoms with Crippen LogP contribution in [0.3, 0.4) is 0 Å². The van der Waals surface area contributed by atoms with Crippen LogP contribution in [0.15, 0.2) is 0 Å². The van der Waals surface area contributed by atoms with E-state index in [0.29, 0.717) is 12.1 Å². The fourth-order valence-corrected chi connectivity index (χ4v) is 2.95. The van der Waals surface area contributed by atoms with Gasteiger partial charge in [-0.2, -0.15) is 0 Å². The highest BCUT2D eigenvalue weighted by molar-refractivity contribution is 4.84. The molecule has 0 aliphatic heterocycles. The molecule has 1 fully saturated rings. The molecule has 1 aliphatic carbocycles. The number of nitrogens with one attached hydrogen (secondary N) is 1. The molecule has 0 saturated heterocycles. The van der Waals surface area contributed by atoms with Gasteiger partial charge in [-0.1, -0.05) is 46.5 Å². The molecule has 0 bridgehead atoms. The van der Waals surface area contributed by atoms with Crippen LogP contribution in [0.5, 0.6) is 0 Å². The maximum Gasteiger partial charge on any atom is 0.0730 e. The maximum absolute atomic E-state index is 6.14. The van der Waals surface area contributed by atoms with E-state index >= 15 is 0 Å². The van der Waals surface area contributed by atoms with Crippen molar-refractivity contribution in [2.75, 3.05) is 13.2 Å². The van der Waals surface area contributed by atoms with Crippen molar-refractivity contribution in [3.8, 4) is 0 Å². The van der Waals surface area contributed by atoms with E-state index in [2.05, 4.69) is 26.1 Å². The van der Waals surface area contributed by atoms with Gasteiger partial charge in [0.05, 0.1) is 6.10 Å². The minimum Gasteiger partial charge on any atom is -0.377 e. The second-order valence-electron chi connectivity index (χ2n) is 5.91.